The third kappa shape index (κ3) is 4.78. The standard InChI is InChI=1S/C22H25F3N4O3S/c1-15-12-17(27-33(2,31)32)5-6-18(15)29-11-9-21(20(29)30)8-3-10-28(14-21)19-7-4-16(13-26-19)22(23,24)25/h4-7,12-13,27H,3,8-11,14H2,1-2H3. The number of aryl methyl sites for hydroxylation is 1. The van der Waals surface area contributed by atoms with E-state index >= 15 is 0 Å². The summed E-state index contributed by atoms with van der Waals surface area (Å²) in [4.78, 5) is 21.1. The zero-order chi connectivity index (χ0) is 24.0. The summed E-state index contributed by atoms with van der Waals surface area (Å²) >= 11 is 0. The number of piperidine rings is 1. The van der Waals surface area contributed by atoms with Gasteiger partial charge in [0.15, 0.2) is 0 Å². The van der Waals surface area contributed by atoms with Gasteiger partial charge in [-0.3, -0.25) is 9.52 Å². The van der Waals surface area contributed by atoms with E-state index < -0.39 is 27.2 Å². The van der Waals surface area contributed by atoms with Crippen LogP contribution in [0.4, 0.5) is 30.4 Å². The summed E-state index contributed by atoms with van der Waals surface area (Å²) in [6, 6.07) is 7.42. The van der Waals surface area contributed by atoms with Crippen LogP contribution in [0.2, 0.25) is 0 Å². The minimum absolute atomic E-state index is 0.0222. The van der Waals surface area contributed by atoms with Crippen molar-refractivity contribution in [3.8, 4) is 0 Å². The molecule has 2 saturated heterocycles. The number of rotatable bonds is 4. The third-order valence-electron chi connectivity index (χ3n) is 6.28. The number of aromatic nitrogens is 1. The highest BCUT2D eigenvalue weighted by molar-refractivity contribution is 7.92. The lowest BCUT2D eigenvalue weighted by Crippen LogP contribution is -2.48. The number of hydrogen-bond donors (Lipinski definition) is 1. The Kier molecular flexibility index (Phi) is 5.80. The maximum atomic E-state index is 13.5. The van der Waals surface area contributed by atoms with Gasteiger partial charge in [0.1, 0.15) is 5.82 Å². The van der Waals surface area contributed by atoms with Crippen molar-refractivity contribution in [1.82, 2.24) is 4.98 Å². The number of benzene rings is 1. The van der Waals surface area contributed by atoms with Crippen molar-refractivity contribution in [2.75, 3.05) is 40.4 Å². The average molecular weight is 483 g/mol. The van der Waals surface area contributed by atoms with E-state index in [9.17, 15) is 26.4 Å². The van der Waals surface area contributed by atoms with Crippen LogP contribution in [0.3, 0.4) is 0 Å². The van der Waals surface area contributed by atoms with E-state index in [-0.39, 0.29) is 5.91 Å². The van der Waals surface area contributed by atoms with Crippen LogP contribution >= 0.6 is 0 Å². The van der Waals surface area contributed by atoms with E-state index in [4.69, 9.17) is 0 Å². The largest absolute Gasteiger partial charge is 0.417 e. The van der Waals surface area contributed by atoms with Crippen LogP contribution in [0.15, 0.2) is 36.5 Å². The number of amides is 1. The molecule has 1 spiro atoms. The number of carbonyl (C=O) groups is 1. The molecule has 2 fully saturated rings. The van der Waals surface area contributed by atoms with Crippen LogP contribution in [0.25, 0.3) is 0 Å². The third-order valence-corrected chi connectivity index (χ3v) is 6.89. The van der Waals surface area contributed by atoms with E-state index in [1.54, 1.807) is 23.1 Å². The van der Waals surface area contributed by atoms with Gasteiger partial charge in [-0.2, -0.15) is 13.2 Å². The fraction of sp³-hybridized carbons (Fsp3) is 0.455. The molecule has 7 nitrogen and oxygen atoms in total. The number of pyridine rings is 1. The van der Waals surface area contributed by atoms with Gasteiger partial charge in [-0.1, -0.05) is 0 Å². The molecule has 1 unspecified atom stereocenters. The summed E-state index contributed by atoms with van der Waals surface area (Å²) in [5.74, 6) is 0.409. The first-order valence-electron chi connectivity index (χ1n) is 10.6. The van der Waals surface area contributed by atoms with Crippen molar-refractivity contribution in [3.05, 3.63) is 47.7 Å². The molecule has 1 amide bonds. The van der Waals surface area contributed by atoms with Crippen molar-refractivity contribution in [1.29, 1.82) is 0 Å². The Morgan fingerprint density at radius 2 is 1.88 bits per heavy atom. The molecule has 0 aliphatic carbocycles. The predicted octanol–water partition coefficient (Wildman–Crippen LogP) is 3.80. The maximum absolute atomic E-state index is 13.5. The molecule has 1 N–H and O–H groups in total. The summed E-state index contributed by atoms with van der Waals surface area (Å²) < 4.78 is 64.0. The van der Waals surface area contributed by atoms with Gasteiger partial charge >= 0.3 is 6.18 Å². The number of nitrogens with one attached hydrogen (secondary N) is 1. The summed E-state index contributed by atoms with van der Waals surface area (Å²) in [5.41, 5.74) is 0.494. The quantitative estimate of drug-likeness (QED) is 0.717. The van der Waals surface area contributed by atoms with Crippen molar-refractivity contribution < 1.29 is 26.4 Å². The number of halogens is 3. The SMILES string of the molecule is Cc1cc(NS(C)(=O)=O)ccc1N1CCC2(CCCN(c3ccc(C(F)(F)F)cn3)C2)C1=O. The van der Waals surface area contributed by atoms with E-state index in [0.29, 0.717) is 44.0 Å². The van der Waals surface area contributed by atoms with Gasteiger partial charge in [0, 0.05) is 37.2 Å². The average Bonchev–Trinajstić information content (AvgIpc) is 3.02. The number of nitrogens with zero attached hydrogens (tertiary/aromatic N) is 3. The minimum atomic E-state index is -4.44. The van der Waals surface area contributed by atoms with E-state index in [2.05, 4.69) is 9.71 Å². The van der Waals surface area contributed by atoms with E-state index in [1.165, 1.54) is 6.07 Å². The number of anilines is 3. The molecular formula is C22H25F3N4O3S. The number of sulfonamides is 1. The molecule has 0 radical (unpaired) electrons. The molecule has 1 aromatic heterocycles. The highest BCUT2D eigenvalue weighted by Crippen LogP contribution is 2.43. The van der Waals surface area contributed by atoms with Gasteiger partial charge in [-0.15, -0.1) is 0 Å². The van der Waals surface area contributed by atoms with Gasteiger partial charge in [0.25, 0.3) is 0 Å². The summed E-state index contributed by atoms with van der Waals surface area (Å²) in [5, 5.41) is 0. The molecule has 178 valence electrons. The van der Waals surface area contributed by atoms with Crippen LogP contribution in [-0.2, 0) is 21.0 Å². The second-order valence-electron chi connectivity index (χ2n) is 8.79. The fourth-order valence-corrected chi connectivity index (χ4v) is 5.29. The molecule has 2 aliphatic rings. The van der Waals surface area contributed by atoms with Gasteiger partial charge in [-0.05, 0) is 62.1 Å². The lowest BCUT2D eigenvalue weighted by Gasteiger charge is -2.39. The lowest BCUT2D eigenvalue weighted by atomic mass is 9.78. The first-order valence-corrected chi connectivity index (χ1v) is 12.5. The zero-order valence-electron chi connectivity index (χ0n) is 18.3. The summed E-state index contributed by atoms with van der Waals surface area (Å²) in [6.07, 6.45) is -0.476. The Labute approximate surface area is 190 Å². The van der Waals surface area contributed by atoms with Crippen LogP contribution in [0.1, 0.15) is 30.4 Å². The van der Waals surface area contributed by atoms with Crippen molar-refractivity contribution in [3.63, 3.8) is 0 Å². The molecule has 1 atom stereocenters. The Balaban J connectivity index is 1.53. The van der Waals surface area contributed by atoms with E-state index in [0.717, 1.165) is 36.2 Å². The molecule has 1 aromatic carbocycles. The minimum Gasteiger partial charge on any atom is -0.356 e. The normalized spacial score (nSPS) is 21.7. The molecule has 11 heteroatoms. The number of hydrogen-bond acceptors (Lipinski definition) is 5. The van der Waals surface area contributed by atoms with Crippen LogP contribution in [-0.4, -0.2) is 45.2 Å². The molecule has 33 heavy (non-hydrogen) atoms. The summed E-state index contributed by atoms with van der Waals surface area (Å²) in [7, 11) is -3.41. The van der Waals surface area contributed by atoms with E-state index in [1.807, 2.05) is 11.8 Å². The van der Waals surface area contributed by atoms with Crippen LogP contribution < -0.4 is 14.5 Å². The molecule has 0 bridgehead atoms. The Morgan fingerprint density at radius 1 is 1.12 bits per heavy atom. The van der Waals surface area contributed by atoms with Crippen molar-refractivity contribution in [2.24, 2.45) is 5.41 Å². The molecule has 2 aliphatic heterocycles. The topological polar surface area (TPSA) is 82.6 Å². The Bertz CT molecular complexity index is 1170. The Hall–Kier alpha value is -2.82. The first kappa shape index (κ1) is 23.3. The second-order valence-corrected chi connectivity index (χ2v) is 10.5. The van der Waals surface area contributed by atoms with Crippen LogP contribution in [0, 0.1) is 12.3 Å². The molecule has 3 heterocycles. The molecular weight excluding hydrogens is 457 g/mol. The Morgan fingerprint density at radius 3 is 2.48 bits per heavy atom. The highest BCUT2D eigenvalue weighted by atomic mass is 32.2. The summed E-state index contributed by atoms with van der Waals surface area (Å²) in [6.45, 7) is 3.36. The highest BCUT2D eigenvalue weighted by Gasteiger charge is 2.49. The van der Waals surface area contributed by atoms with Gasteiger partial charge < -0.3 is 9.80 Å². The van der Waals surface area contributed by atoms with Crippen molar-refractivity contribution in [2.45, 2.75) is 32.4 Å². The zero-order valence-corrected chi connectivity index (χ0v) is 19.1. The molecule has 2 aromatic rings. The fourth-order valence-electron chi connectivity index (χ4n) is 4.73. The van der Waals surface area contributed by atoms with Gasteiger partial charge in [0.05, 0.1) is 17.2 Å². The van der Waals surface area contributed by atoms with Gasteiger partial charge in [0.2, 0.25) is 15.9 Å². The van der Waals surface area contributed by atoms with Crippen LogP contribution in [0.5, 0.6) is 0 Å². The van der Waals surface area contributed by atoms with Crippen molar-refractivity contribution >= 4 is 33.1 Å². The lowest BCUT2D eigenvalue weighted by molar-refractivity contribution is -0.137. The monoisotopic (exact) mass is 482 g/mol. The smallest absolute Gasteiger partial charge is 0.356 e. The second kappa shape index (κ2) is 8.19. The number of carbonyl (C=O) groups excluding carboxylic acids is 1. The molecule has 4 rings (SSSR count). The molecule has 0 saturated carbocycles. The maximum Gasteiger partial charge on any atom is 0.417 e. The first-order chi connectivity index (χ1) is 15.4. The number of alkyl halides is 3. The van der Waals surface area contributed by atoms with Gasteiger partial charge in [-0.25, -0.2) is 13.4 Å². The predicted molar refractivity (Wildman–Crippen MR) is 120 cm³/mol.